The summed E-state index contributed by atoms with van der Waals surface area (Å²) in [7, 11) is 0. The second kappa shape index (κ2) is 9.21. The molecule has 0 spiro atoms. The van der Waals surface area contributed by atoms with Crippen LogP contribution in [0.25, 0.3) is 22.2 Å². The van der Waals surface area contributed by atoms with Crippen molar-refractivity contribution in [3.8, 4) is 11.4 Å². The Morgan fingerprint density at radius 2 is 1.21 bits per heavy atom. The van der Waals surface area contributed by atoms with Gasteiger partial charge in [0, 0.05) is 30.4 Å². The number of amides is 2. The molecule has 34 heavy (non-hydrogen) atoms. The van der Waals surface area contributed by atoms with Crippen molar-refractivity contribution in [2.45, 2.75) is 0 Å². The normalized spacial score (nSPS) is 10.6. The van der Waals surface area contributed by atoms with Crippen molar-refractivity contribution in [3.63, 3.8) is 0 Å². The van der Waals surface area contributed by atoms with E-state index in [0.717, 1.165) is 10.8 Å². The minimum Gasteiger partial charge on any atom is -0.290 e. The highest BCUT2D eigenvalue weighted by molar-refractivity contribution is 6.04. The summed E-state index contributed by atoms with van der Waals surface area (Å²) in [4.78, 5) is 46.3. The molecule has 5 aromatic rings. The summed E-state index contributed by atoms with van der Waals surface area (Å²) in [5.74, 6) is -0.590. The molecule has 0 atom stereocenters. The molecular weight excluding hydrogens is 430 g/mol. The van der Waals surface area contributed by atoms with Crippen LogP contribution in [0, 0.1) is 0 Å². The molecule has 0 aliphatic carbocycles. The number of benzene rings is 2. The summed E-state index contributed by atoms with van der Waals surface area (Å²) in [5, 5.41) is 7.38. The molecule has 0 aliphatic heterocycles. The van der Waals surface area contributed by atoms with Crippen LogP contribution >= 0.6 is 0 Å². The zero-order valence-corrected chi connectivity index (χ0v) is 17.7. The monoisotopic (exact) mass is 447 g/mol. The summed E-state index contributed by atoms with van der Waals surface area (Å²) >= 11 is 0. The van der Waals surface area contributed by atoms with Crippen molar-refractivity contribution in [2.24, 2.45) is 0 Å². The fourth-order valence-corrected chi connectivity index (χ4v) is 3.29. The van der Waals surface area contributed by atoms with E-state index in [1.807, 2.05) is 42.5 Å². The quantitative estimate of drug-likeness (QED) is 0.418. The second-order valence-corrected chi connectivity index (χ2v) is 7.26. The molecule has 2 amide bonds. The maximum Gasteiger partial charge on any atom is 0.259 e. The number of nitrogens with one attached hydrogen (secondary N) is 2. The minimum absolute atomic E-state index is 0.00602. The molecule has 0 radical (unpaired) electrons. The van der Waals surface area contributed by atoms with E-state index in [2.05, 4.69) is 35.6 Å². The number of hydrogen-bond donors (Lipinski definition) is 2. The van der Waals surface area contributed by atoms with Crippen molar-refractivity contribution in [1.29, 1.82) is 0 Å². The third kappa shape index (κ3) is 4.58. The van der Waals surface area contributed by atoms with Crippen LogP contribution in [0.15, 0.2) is 91.5 Å². The highest BCUT2D eigenvalue weighted by Crippen LogP contribution is 2.23. The van der Waals surface area contributed by atoms with E-state index in [4.69, 9.17) is 0 Å². The lowest BCUT2D eigenvalue weighted by molar-refractivity contribution is 0.101. The molecule has 3 aromatic heterocycles. The van der Waals surface area contributed by atoms with Crippen molar-refractivity contribution in [3.05, 3.63) is 103 Å². The van der Waals surface area contributed by atoms with E-state index >= 15 is 0 Å². The van der Waals surface area contributed by atoms with Crippen molar-refractivity contribution < 1.29 is 9.59 Å². The number of carbonyl (C=O) groups excluding carboxylic acids is 2. The molecule has 2 N–H and O–H groups in total. The Labute approximate surface area is 194 Å². The van der Waals surface area contributed by atoms with E-state index in [-0.39, 0.29) is 11.9 Å². The van der Waals surface area contributed by atoms with Gasteiger partial charge in [0.15, 0.2) is 5.82 Å². The molecular formula is C25H17N7O2. The molecule has 9 nitrogen and oxygen atoms in total. The number of anilines is 2. The molecule has 0 aliphatic rings. The predicted octanol–water partition coefficient (Wildman–Crippen LogP) is 3.99. The molecule has 2 aromatic carbocycles. The van der Waals surface area contributed by atoms with Gasteiger partial charge in [-0.1, -0.05) is 36.4 Å². The number of aromatic nitrogens is 5. The van der Waals surface area contributed by atoms with E-state index in [1.54, 1.807) is 36.7 Å². The van der Waals surface area contributed by atoms with Crippen molar-refractivity contribution in [1.82, 2.24) is 24.9 Å². The Morgan fingerprint density at radius 3 is 1.76 bits per heavy atom. The van der Waals surface area contributed by atoms with Gasteiger partial charge in [-0.05, 0) is 41.1 Å². The lowest BCUT2D eigenvalue weighted by Gasteiger charge is -2.10. The van der Waals surface area contributed by atoms with E-state index < -0.39 is 11.8 Å². The SMILES string of the molecule is O=C(Nc1nc(NC(=O)c2cccnc2)nc(-c2ccc3ccccc3c2)n1)c1cccnc1. The van der Waals surface area contributed by atoms with E-state index in [0.29, 0.717) is 22.5 Å². The Balaban J connectivity index is 1.52. The summed E-state index contributed by atoms with van der Waals surface area (Å²) < 4.78 is 0. The average molecular weight is 447 g/mol. The van der Waals surface area contributed by atoms with Crippen LogP contribution in [0.4, 0.5) is 11.9 Å². The Bertz CT molecular complexity index is 1420. The molecule has 0 fully saturated rings. The minimum atomic E-state index is -0.437. The summed E-state index contributed by atoms with van der Waals surface area (Å²) in [6.45, 7) is 0. The lowest BCUT2D eigenvalue weighted by atomic mass is 10.1. The molecule has 3 heterocycles. The fourth-order valence-electron chi connectivity index (χ4n) is 3.29. The standard InChI is InChI=1S/C25H17N7O2/c33-22(19-7-3-11-26-14-19)30-24-28-21(18-10-9-16-5-1-2-6-17(16)13-18)29-25(32-24)31-23(34)20-8-4-12-27-15-20/h1-15H,(H2,28,29,30,31,32,33,34). The zero-order chi connectivity index (χ0) is 23.3. The molecule has 0 bridgehead atoms. The van der Waals surface area contributed by atoms with Crippen LogP contribution in [0.1, 0.15) is 20.7 Å². The first kappa shape index (κ1) is 20.8. The Morgan fingerprint density at radius 1 is 0.618 bits per heavy atom. The Kier molecular flexibility index (Phi) is 5.64. The maximum atomic E-state index is 12.6. The van der Waals surface area contributed by atoms with Crippen molar-refractivity contribution in [2.75, 3.05) is 10.6 Å². The highest BCUT2D eigenvalue weighted by Gasteiger charge is 2.15. The first-order valence-electron chi connectivity index (χ1n) is 10.3. The lowest BCUT2D eigenvalue weighted by Crippen LogP contribution is -2.19. The van der Waals surface area contributed by atoms with Crippen LogP contribution in [-0.2, 0) is 0 Å². The van der Waals surface area contributed by atoms with E-state index in [9.17, 15) is 9.59 Å². The maximum absolute atomic E-state index is 12.6. The number of rotatable bonds is 5. The summed E-state index contributed by atoms with van der Waals surface area (Å²) in [6.07, 6.45) is 6.02. The molecule has 164 valence electrons. The molecule has 0 saturated heterocycles. The van der Waals surface area contributed by atoms with E-state index in [1.165, 1.54) is 12.4 Å². The number of hydrogen-bond acceptors (Lipinski definition) is 7. The van der Waals surface area contributed by atoms with Gasteiger partial charge in [0.05, 0.1) is 11.1 Å². The van der Waals surface area contributed by atoms with Gasteiger partial charge >= 0.3 is 0 Å². The topological polar surface area (TPSA) is 123 Å². The zero-order valence-electron chi connectivity index (χ0n) is 17.7. The fraction of sp³-hybridized carbons (Fsp3) is 0. The van der Waals surface area contributed by atoms with Crippen LogP contribution in [-0.4, -0.2) is 36.7 Å². The highest BCUT2D eigenvalue weighted by atomic mass is 16.2. The van der Waals surface area contributed by atoms with Crippen LogP contribution in [0.2, 0.25) is 0 Å². The molecule has 5 rings (SSSR count). The van der Waals surface area contributed by atoms with Gasteiger partial charge in [0.2, 0.25) is 11.9 Å². The van der Waals surface area contributed by atoms with Gasteiger partial charge in [-0.3, -0.25) is 30.2 Å². The van der Waals surface area contributed by atoms with Gasteiger partial charge in [0.1, 0.15) is 0 Å². The third-order valence-corrected chi connectivity index (χ3v) is 4.94. The molecule has 0 saturated carbocycles. The number of fused-ring (bicyclic) bond motifs is 1. The summed E-state index contributed by atoms with van der Waals surface area (Å²) in [5.41, 5.74) is 1.39. The largest absolute Gasteiger partial charge is 0.290 e. The predicted molar refractivity (Wildman–Crippen MR) is 127 cm³/mol. The number of nitrogens with zero attached hydrogens (tertiary/aromatic N) is 5. The van der Waals surface area contributed by atoms with Crippen LogP contribution in [0.5, 0.6) is 0 Å². The second-order valence-electron chi connectivity index (χ2n) is 7.26. The number of carbonyl (C=O) groups is 2. The van der Waals surface area contributed by atoms with Gasteiger partial charge in [-0.2, -0.15) is 15.0 Å². The van der Waals surface area contributed by atoms with Crippen LogP contribution < -0.4 is 10.6 Å². The van der Waals surface area contributed by atoms with Gasteiger partial charge in [0.25, 0.3) is 11.8 Å². The summed E-state index contributed by atoms with van der Waals surface area (Å²) in [6, 6.07) is 20.2. The van der Waals surface area contributed by atoms with Crippen molar-refractivity contribution >= 4 is 34.5 Å². The molecule has 9 heteroatoms. The van der Waals surface area contributed by atoms with Gasteiger partial charge < -0.3 is 0 Å². The number of pyridine rings is 2. The first-order valence-corrected chi connectivity index (χ1v) is 10.3. The van der Waals surface area contributed by atoms with Gasteiger partial charge in [-0.15, -0.1) is 0 Å². The Hall–Kier alpha value is -5.05. The smallest absolute Gasteiger partial charge is 0.259 e. The average Bonchev–Trinajstić information content (AvgIpc) is 2.89. The third-order valence-electron chi connectivity index (χ3n) is 4.94. The van der Waals surface area contributed by atoms with Gasteiger partial charge in [-0.25, -0.2) is 0 Å². The molecule has 0 unspecified atom stereocenters. The first-order chi connectivity index (χ1) is 16.7. The van der Waals surface area contributed by atoms with Crippen LogP contribution in [0.3, 0.4) is 0 Å².